The van der Waals surface area contributed by atoms with Gasteiger partial charge in [-0.1, -0.05) is 6.92 Å². The van der Waals surface area contributed by atoms with Crippen molar-refractivity contribution in [2.45, 2.75) is 76.0 Å². The van der Waals surface area contributed by atoms with Gasteiger partial charge in [0.2, 0.25) is 0 Å². The second kappa shape index (κ2) is 4.88. The monoisotopic (exact) mass is 299 g/mol. The molecule has 3 N–H and O–H groups in total. The summed E-state index contributed by atoms with van der Waals surface area (Å²) >= 11 is 0. The van der Waals surface area contributed by atoms with Gasteiger partial charge in [0.25, 0.3) is 0 Å². The van der Waals surface area contributed by atoms with Crippen LogP contribution in [0.15, 0.2) is 0 Å². The zero-order valence-corrected chi connectivity index (χ0v) is 12.6. The van der Waals surface area contributed by atoms with Crippen LogP contribution in [0.1, 0.15) is 39.5 Å². The quantitative estimate of drug-likeness (QED) is 0.647. The number of ether oxygens (including phenoxy) is 2. The first-order valence-electron chi connectivity index (χ1n) is 8.13. The topological polar surface area (TPSA) is 83.2 Å². The number of nitrogens with two attached hydrogens (primary N) is 1. The van der Waals surface area contributed by atoms with E-state index in [4.69, 9.17) is 25.0 Å². The van der Waals surface area contributed by atoms with Gasteiger partial charge in [-0.3, -0.25) is 0 Å². The fourth-order valence-corrected chi connectivity index (χ4v) is 4.86. The van der Waals surface area contributed by atoms with Gasteiger partial charge in [0.1, 0.15) is 6.10 Å². The van der Waals surface area contributed by atoms with Crippen LogP contribution >= 0.6 is 0 Å². The summed E-state index contributed by atoms with van der Waals surface area (Å²) < 4.78 is 11.9. The van der Waals surface area contributed by atoms with Gasteiger partial charge in [-0.25, -0.2) is 9.78 Å². The van der Waals surface area contributed by atoms with Crippen molar-refractivity contribution in [1.82, 2.24) is 0 Å². The van der Waals surface area contributed by atoms with E-state index in [1.165, 1.54) is 0 Å². The van der Waals surface area contributed by atoms with Crippen molar-refractivity contribution >= 4 is 0 Å². The molecule has 120 valence electrons. The van der Waals surface area contributed by atoms with E-state index in [2.05, 4.69) is 0 Å². The average molecular weight is 299 g/mol. The van der Waals surface area contributed by atoms with Crippen LogP contribution in [-0.2, 0) is 19.2 Å². The highest BCUT2D eigenvalue weighted by atomic mass is 17.2. The number of aliphatic hydroxyl groups is 1. The number of aliphatic hydroxyl groups excluding tert-OH is 1. The predicted octanol–water partition coefficient (Wildman–Crippen LogP) is 0.919. The van der Waals surface area contributed by atoms with E-state index in [1.807, 2.05) is 13.8 Å². The van der Waals surface area contributed by atoms with Gasteiger partial charge in [0.15, 0.2) is 18.2 Å². The zero-order valence-electron chi connectivity index (χ0n) is 12.6. The summed E-state index contributed by atoms with van der Waals surface area (Å²) in [7, 11) is 0. The Labute approximate surface area is 124 Å². The molecule has 0 aromatic carbocycles. The Kier molecular flexibility index (Phi) is 3.33. The molecule has 1 saturated carbocycles. The van der Waals surface area contributed by atoms with Gasteiger partial charge in [0.05, 0.1) is 6.10 Å². The minimum absolute atomic E-state index is 0.0200. The molecule has 2 bridgehead atoms. The molecule has 3 aliphatic heterocycles. The third-order valence-electron chi connectivity index (χ3n) is 6.14. The Morgan fingerprint density at radius 3 is 2.62 bits per heavy atom. The first kappa shape index (κ1) is 14.4. The number of fused-ring (bicyclic) bond motifs is 2. The van der Waals surface area contributed by atoms with Crippen LogP contribution in [0, 0.1) is 17.8 Å². The second-order valence-electron chi connectivity index (χ2n) is 7.16. The van der Waals surface area contributed by atoms with Crippen molar-refractivity contribution in [2.75, 3.05) is 0 Å². The molecular weight excluding hydrogens is 274 g/mol. The smallest absolute Gasteiger partial charge is 0.193 e. The van der Waals surface area contributed by atoms with E-state index in [1.54, 1.807) is 0 Å². The molecule has 2 unspecified atom stereocenters. The highest BCUT2D eigenvalue weighted by molar-refractivity contribution is 5.09. The minimum Gasteiger partial charge on any atom is -0.368 e. The van der Waals surface area contributed by atoms with Crippen LogP contribution in [-0.4, -0.2) is 41.5 Å². The maximum absolute atomic E-state index is 10.2. The SMILES string of the molecule is C[C@@H]1O[C@H]2OC(O)[C@H](C)[C@@H]3CC[C@@H](N)C4CC[C@@H]1OO[C@@]423. The molecule has 4 aliphatic rings. The summed E-state index contributed by atoms with van der Waals surface area (Å²) in [6, 6.07) is 0.0640. The van der Waals surface area contributed by atoms with E-state index in [-0.39, 0.29) is 36.0 Å². The molecule has 4 rings (SSSR count). The molecule has 1 aliphatic carbocycles. The van der Waals surface area contributed by atoms with Crippen LogP contribution in [0.5, 0.6) is 0 Å². The maximum Gasteiger partial charge on any atom is 0.193 e. The van der Waals surface area contributed by atoms with Crippen molar-refractivity contribution in [2.24, 2.45) is 23.5 Å². The summed E-state index contributed by atoms with van der Waals surface area (Å²) in [4.78, 5) is 11.7. The van der Waals surface area contributed by atoms with Gasteiger partial charge in [0, 0.05) is 23.8 Å². The molecule has 9 atom stereocenters. The molecule has 21 heavy (non-hydrogen) atoms. The summed E-state index contributed by atoms with van der Waals surface area (Å²) in [6.45, 7) is 3.98. The fraction of sp³-hybridized carbons (Fsp3) is 1.00. The lowest BCUT2D eigenvalue weighted by atomic mass is 9.59. The molecule has 3 saturated heterocycles. The molecule has 6 heteroatoms. The molecular formula is C15H25NO5. The molecule has 0 amide bonds. The maximum atomic E-state index is 10.2. The summed E-state index contributed by atoms with van der Waals surface area (Å²) in [5, 5.41) is 10.2. The number of hydrogen-bond acceptors (Lipinski definition) is 6. The normalized spacial score (nSPS) is 60.0. The lowest BCUT2D eigenvalue weighted by Crippen LogP contribution is -2.69. The Balaban J connectivity index is 1.81. The zero-order chi connectivity index (χ0) is 14.8. The fourth-order valence-electron chi connectivity index (χ4n) is 4.86. The first-order valence-corrected chi connectivity index (χ1v) is 8.13. The van der Waals surface area contributed by atoms with Gasteiger partial charge in [-0.15, -0.1) is 0 Å². The Morgan fingerprint density at radius 2 is 1.81 bits per heavy atom. The number of hydrogen-bond donors (Lipinski definition) is 2. The standard InChI is InChI=1S/C15H25NO5/c1-7-9-3-5-11(16)10-4-6-12-8(2)18-14(19-13(7)17)15(9,10)21-20-12/h7-14,17H,3-6,16H2,1-2H3/t7-,8+,9+,10?,11-,12+,13?,14+,15+/m1/s1. The van der Waals surface area contributed by atoms with Crippen LogP contribution in [0.3, 0.4) is 0 Å². The average Bonchev–Trinajstić information content (AvgIpc) is 2.72. The molecule has 4 fully saturated rings. The van der Waals surface area contributed by atoms with Gasteiger partial charge < -0.3 is 20.3 Å². The van der Waals surface area contributed by atoms with Crippen LogP contribution in [0.25, 0.3) is 0 Å². The summed E-state index contributed by atoms with van der Waals surface area (Å²) in [5.41, 5.74) is 5.71. The van der Waals surface area contributed by atoms with Crippen molar-refractivity contribution in [1.29, 1.82) is 0 Å². The molecule has 0 aromatic heterocycles. The van der Waals surface area contributed by atoms with E-state index >= 15 is 0 Å². The number of rotatable bonds is 0. The summed E-state index contributed by atoms with van der Waals surface area (Å²) in [6.07, 6.45) is 2.05. The van der Waals surface area contributed by atoms with Gasteiger partial charge in [-0.2, -0.15) is 0 Å². The first-order chi connectivity index (χ1) is 10.0. The van der Waals surface area contributed by atoms with Gasteiger partial charge in [-0.05, 0) is 32.6 Å². The Morgan fingerprint density at radius 1 is 1.05 bits per heavy atom. The molecule has 0 aromatic rings. The molecule has 6 nitrogen and oxygen atoms in total. The Bertz CT molecular complexity index is 421. The highest BCUT2D eigenvalue weighted by Crippen LogP contribution is 2.55. The van der Waals surface area contributed by atoms with Crippen molar-refractivity contribution in [3.63, 3.8) is 0 Å². The third kappa shape index (κ3) is 1.87. The highest BCUT2D eigenvalue weighted by Gasteiger charge is 2.66. The largest absolute Gasteiger partial charge is 0.368 e. The van der Waals surface area contributed by atoms with E-state index in [0.29, 0.717) is 0 Å². The Hall–Kier alpha value is -0.240. The van der Waals surface area contributed by atoms with E-state index in [0.717, 1.165) is 25.7 Å². The minimum atomic E-state index is -0.824. The van der Waals surface area contributed by atoms with Crippen LogP contribution in [0.2, 0.25) is 0 Å². The lowest BCUT2D eigenvalue weighted by molar-refractivity contribution is -0.451. The molecule has 0 radical (unpaired) electrons. The van der Waals surface area contributed by atoms with Crippen molar-refractivity contribution in [3.8, 4) is 0 Å². The van der Waals surface area contributed by atoms with Crippen LogP contribution in [0.4, 0.5) is 0 Å². The molecule has 3 heterocycles. The van der Waals surface area contributed by atoms with Crippen LogP contribution < -0.4 is 5.73 Å². The van der Waals surface area contributed by atoms with Crippen molar-refractivity contribution < 1.29 is 24.4 Å². The lowest BCUT2D eigenvalue weighted by Gasteiger charge is -2.57. The van der Waals surface area contributed by atoms with Gasteiger partial charge >= 0.3 is 0 Å². The summed E-state index contributed by atoms with van der Waals surface area (Å²) in [5.74, 6) is 0.266. The third-order valence-corrected chi connectivity index (χ3v) is 6.14. The molecule has 1 spiro atoms. The van der Waals surface area contributed by atoms with Crippen molar-refractivity contribution in [3.05, 3.63) is 0 Å². The second-order valence-corrected chi connectivity index (χ2v) is 7.16. The predicted molar refractivity (Wildman–Crippen MR) is 72.7 cm³/mol. The van der Waals surface area contributed by atoms with E-state index < -0.39 is 18.2 Å². The van der Waals surface area contributed by atoms with E-state index in [9.17, 15) is 5.11 Å².